The molecule has 1 aromatic rings. The molecule has 0 bridgehead atoms. The number of ether oxygens (including phenoxy) is 2. The van der Waals surface area contributed by atoms with Crippen LogP contribution in [-0.2, 0) is 19.9 Å². The highest BCUT2D eigenvalue weighted by atomic mass is 16.5. The van der Waals surface area contributed by atoms with Crippen molar-refractivity contribution in [3.8, 4) is 5.75 Å². The van der Waals surface area contributed by atoms with Gasteiger partial charge < -0.3 is 14.8 Å². The van der Waals surface area contributed by atoms with E-state index in [4.69, 9.17) is 9.47 Å². The molecule has 1 atom stereocenters. The van der Waals surface area contributed by atoms with Gasteiger partial charge in [0, 0.05) is 0 Å². The average molecular weight is 417 g/mol. The third-order valence-electron chi connectivity index (χ3n) is 6.43. The lowest BCUT2D eigenvalue weighted by atomic mass is 9.72. The Balaban J connectivity index is 1.59. The van der Waals surface area contributed by atoms with Crippen LogP contribution in [0.2, 0.25) is 0 Å². The smallest absolute Gasteiger partial charge is 0.326 e. The Kier molecular flexibility index (Phi) is 6.11. The van der Waals surface area contributed by atoms with E-state index >= 15 is 0 Å². The lowest BCUT2D eigenvalue weighted by Crippen LogP contribution is -2.42. The molecule has 2 fully saturated rings. The van der Waals surface area contributed by atoms with Crippen molar-refractivity contribution in [2.45, 2.75) is 65.0 Å². The summed E-state index contributed by atoms with van der Waals surface area (Å²) < 4.78 is 10.7. The largest absolute Gasteiger partial charge is 0.497 e. The van der Waals surface area contributed by atoms with Crippen LogP contribution in [0.5, 0.6) is 5.75 Å². The lowest BCUT2D eigenvalue weighted by molar-refractivity contribution is -0.154. The van der Waals surface area contributed by atoms with E-state index in [1.54, 1.807) is 38.3 Å². The molecule has 1 heterocycles. The molecular formula is C23H32N2O5. The van der Waals surface area contributed by atoms with Gasteiger partial charge in [-0.15, -0.1) is 0 Å². The first kappa shape index (κ1) is 22.1. The minimum Gasteiger partial charge on any atom is -0.497 e. The first-order valence-electron chi connectivity index (χ1n) is 10.5. The van der Waals surface area contributed by atoms with Gasteiger partial charge in [-0.05, 0) is 61.6 Å². The van der Waals surface area contributed by atoms with Crippen molar-refractivity contribution >= 4 is 17.9 Å². The van der Waals surface area contributed by atoms with E-state index in [9.17, 15) is 14.4 Å². The SMILES string of the molecule is COc1ccc(C2(C)NC(=O)N(CC(=O)OC3CCC(C(C)(C)C)CC3)C2=O)cc1. The molecule has 164 valence electrons. The Labute approximate surface area is 178 Å². The topological polar surface area (TPSA) is 84.9 Å². The summed E-state index contributed by atoms with van der Waals surface area (Å²) >= 11 is 0. The number of carbonyl (C=O) groups is 3. The maximum Gasteiger partial charge on any atom is 0.326 e. The summed E-state index contributed by atoms with van der Waals surface area (Å²) in [6, 6.07) is 6.32. The summed E-state index contributed by atoms with van der Waals surface area (Å²) in [5.74, 6) is 0.257. The van der Waals surface area contributed by atoms with Gasteiger partial charge in [0.2, 0.25) is 0 Å². The fourth-order valence-corrected chi connectivity index (χ4v) is 4.36. The Morgan fingerprint density at radius 3 is 2.27 bits per heavy atom. The lowest BCUT2D eigenvalue weighted by Gasteiger charge is -2.36. The predicted octanol–water partition coefficient (Wildman–Crippen LogP) is 3.61. The van der Waals surface area contributed by atoms with Crippen molar-refractivity contribution in [2.24, 2.45) is 11.3 Å². The van der Waals surface area contributed by atoms with E-state index in [-0.39, 0.29) is 18.1 Å². The molecular weight excluding hydrogens is 384 g/mol. The van der Waals surface area contributed by atoms with Crippen molar-refractivity contribution in [3.05, 3.63) is 29.8 Å². The second-order valence-electron chi connectivity index (χ2n) is 9.50. The van der Waals surface area contributed by atoms with E-state index in [0.717, 1.165) is 30.6 Å². The third kappa shape index (κ3) is 4.45. The van der Waals surface area contributed by atoms with E-state index in [1.165, 1.54) is 0 Å². The van der Waals surface area contributed by atoms with Crippen molar-refractivity contribution in [3.63, 3.8) is 0 Å². The molecule has 0 radical (unpaired) electrons. The second kappa shape index (κ2) is 8.28. The van der Waals surface area contributed by atoms with Gasteiger partial charge in [0.25, 0.3) is 5.91 Å². The molecule has 7 nitrogen and oxygen atoms in total. The van der Waals surface area contributed by atoms with Crippen LogP contribution >= 0.6 is 0 Å². The Bertz CT molecular complexity index is 806. The molecule has 1 aliphatic carbocycles. The van der Waals surface area contributed by atoms with Crippen LogP contribution in [0.1, 0.15) is 58.9 Å². The molecule has 1 aromatic carbocycles. The van der Waals surface area contributed by atoms with Gasteiger partial charge in [-0.1, -0.05) is 32.9 Å². The van der Waals surface area contributed by atoms with E-state index in [2.05, 4.69) is 26.1 Å². The molecule has 7 heteroatoms. The highest BCUT2D eigenvalue weighted by Gasteiger charge is 2.49. The monoisotopic (exact) mass is 416 g/mol. The van der Waals surface area contributed by atoms with E-state index in [1.807, 2.05) is 0 Å². The molecule has 1 saturated heterocycles. The zero-order valence-electron chi connectivity index (χ0n) is 18.5. The number of esters is 1. The number of benzene rings is 1. The van der Waals surface area contributed by atoms with Crippen LogP contribution in [0.3, 0.4) is 0 Å². The van der Waals surface area contributed by atoms with Gasteiger partial charge in [-0.25, -0.2) is 4.79 Å². The minimum absolute atomic E-state index is 0.148. The van der Waals surface area contributed by atoms with Gasteiger partial charge in [0.15, 0.2) is 0 Å². The summed E-state index contributed by atoms with van der Waals surface area (Å²) in [5, 5.41) is 2.70. The summed E-state index contributed by atoms with van der Waals surface area (Å²) in [4.78, 5) is 38.8. The molecule has 0 aromatic heterocycles. The number of methoxy groups -OCH3 is 1. The van der Waals surface area contributed by atoms with Crippen LogP contribution in [0.15, 0.2) is 24.3 Å². The number of nitrogens with one attached hydrogen (secondary N) is 1. The Hall–Kier alpha value is -2.57. The Morgan fingerprint density at radius 1 is 1.13 bits per heavy atom. The van der Waals surface area contributed by atoms with E-state index < -0.39 is 23.4 Å². The van der Waals surface area contributed by atoms with Crippen molar-refractivity contribution in [2.75, 3.05) is 13.7 Å². The second-order valence-corrected chi connectivity index (χ2v) is 9.50. The zero-order chi connectivity index (χ0) is 22.1. The molecule has 1 unspecified atom stereocenters. The molecule has 3 rings (SSSR count). The molecule has 2 aliphatic rings. The predicted molar refractivity (Wildman–Crippen MR) is 112 cm³/mol. The highest BCUT2D eigenvalue weighted by molar-refractivity contribution is 6.08. The first-order valence-corrected chi connectivity index (χ1v) is 10.5. The summed E-state index contributed by atoms with van der Waals surface area (Å²) in [6.45, 7) is 7.97. The molecule has 3 amide bonds. The summed E-state index contributed by atoms with van der Waals surface area (Å²) in [6.07, 6.45) is 3.51. The number of imide groups is 1. The van der Waals surface area contributed by atoms with Gasteiger partial charge in [0.1, 0.15) is 23.9 Å². The van der Waals surface area contributed by atoms with Crippen molar-refractivity contribution < 1.29 is 23.9 Å². The van der Waals surface area contributed by atoms with Gasteiger partial charge in [0.05, 0.1) is 7.11 Å². The van der Waals surface area contributed by atoms with Crippen molar-refractivity contribution in [1.82, 2.24) is 10.2 Å². The van der Waals surface area contributed by atoms with Crippen LogP contribution < -0.4 is 10.1 Å². The van der Waals surface area contributed by atoms with Crippen LogP contribution in [0.25, 0.3) is 0 Å². The first-order chi connectivity index (χ1) is 14.0. The number of urea groups is 1. The van der Waals surface area contributed by atoms with Crippen LogP contribution in [0.4, 0.5) is 4.79 Å². The van der Waals surface area contributed by atoms with Gasteiger partial charge in [-0.2, -0.15) is 0 Å². The zero-order valence-corrected chi connectivity index (χ0v) is 18.5. The highest BCUT2D eigenvalue weighted by Crippen LogP contribution is 2.38. The number of carbonyl (C=O) groups excluding carboxylic acids is 3. The number of rotatable bonds is 5. The van der Waals surface area contributed by atoms with Crippen molar-refractivity contribution in [1.29, 1.82) is 0 Å². The summed E-state index contributed by atoms with van der Waals surface area (Å²) in [5.41, 5.74) is -0.354. The van der Waals surface area contributed by atoms with Gasteiger partial charge >= 0.3 is 12.0 Å². The average Bonchev–Trinajstić information content (AvgIpc) is 2.91. The Morgan fingerprint density at radius 2 is 1.73 bits per heavy atom. The van der Waals surface area contributed by atoms with E-state index in [0.29, 0.717) is 17.2 Å². The minimum atomic E-state index is -1.23. The molecule has 0 spiro atoms. The maximum absolute atomic E-state index is 13.0. The number of hydrogen-bond donors (Lipinski definition) is 1. The molecule has 1 saturated carbocycles. The molecule has 1 aliphatic heterocycles. The third-order valence-corrected chi connectivity index (χ3v) is 6.43. The molecule has 30 heavy (non-hydrogen) atoms. The quantitative estimate of drug-likeness (QED) is 0.585. The van der Waals surface area contributed by atoms with Crippen LogP contribution in [0, 0.1) is 11.3 Å². The normalized spacial score (nSPS) is 27.0. The number of hydrogen-bond acceptors (Lipinski definition) is 5. The summed E-state index contributed by atoms with van der Waals surface area (Å²) in [7, 11) is 1.56. The number of nitrogens with zero attached hydrogens (tertiary/aromatic N) is 1. The van der Waals surface area contributed by atoms with Crippen LogP contribution in [-0.4, -0.2) is 42.6 Å². The van der Waals surface area contributed by atoms with Gasteiger partial charge in [-0.3, -0.25) is 14.5 Å². The number of amides is 3. The fraction of sp³-hybridized carbons (Fsp3) is 0.609. The fourth-order valence-electron chi connectivity index (χ4n) is 4.36. The molecule has 1 N–H and O–H groups in total. The maximum atomic E-state index is 13.0. The standard InChI is InChI=1S/C23H32N2O5/c1-22(2,3)15-6-12-18(13-7-15)30-19(26)14-25-20(27)23(4,24-21(25)28)16-8-10-17(29-5)11-9-16/h8-11,15,18H,6-7,12-14H2,1-5H3,(H,24,28).